The zero-order chi connectivity index (χ0) is 17.3. The minimum Gasteiger partial charge on any atom is -0.341 e. The predicted molar refractivity (Wildman–Crippen MR) is 86.2 cm³/mol. The molecule has 1 unspecified atom stereocenters. The Bertz CT molecular complexity index is 802. The SMILES string of the molecule is Cc1cccc(S(=O)(=O)NCC(=O)N(C)C2CCS(=O)(=O)C2)c1. The summed E-state index contributed by atoms with van der Waals surface area (Å²) in [5.74, 6) is -0.465. The molecule has 2 rings (SSSR count). The van der Waals surface area contributed by atoms with Crippen molar-refractivity contribution in [1.82, 2.24) is 9.62 Å². The summed E-state index contributed by atoms with van der Waals surface area (Å²) >= 11 is 0. The number of hydrogen-bond acceptors (Lipinski definition) is 5. The first-order chi connectivity index (χ1) is 10.6. The standard InChI is InChI=1S/C14H20N2O5S2/c1-11-4-3-5-13(8-11)23(20,21)15-9-14(17)16(2)12-6-7-22(18,19)10-12/h3-5,8,12,15H,6-7,9-10H2,1-2H3. The zero-order valence-electron chi connectivity index (χ0n) is 13.0. The fraction of sp³-hybridized carbons (Fsp3) is 0.500. The fourth-order valence-electron chi connectivity index (χ4n) is 2.43. The third-order valence-corrected chi connectivity index (χ3v) is 7.01. The lowest BCUT2D eigenvalue weighted by atomic mass is 10.2. The largest absolute Gasteiger partial charge is 0.341 e. The molecule has 1 aromatic carbocycles. The van der Waals surface area contributed by atoms with Crippen molar-refractivity contribution in [1.29, 1.82) is 0 Å². The average Bonchev–Trinajstić information content (AvgIpc) is 2.84. The second-order valence-corrected chi connectivity index (χ2v) is 9.70. The molecule has 0 aliphatic carbocycles. The Labute approximate surface area is 136 Å². The molecule has 0 radical (unpaired) electrons. The van der Waals surface area contributed by atoms with Gasteiger partial charge >= 0.3 is 0 Å². The quantitative estimate of drug-likeness (QED) is 0.791. The number of benzene rings is 1. The molecule has 0 aromatic heterocycles. The summed E-state index contributed by atoms with van der Waals surface area (Å²) in [6, 6.07) is 5.98. The van der Waals surface area contributed by atoms with Crippen molar-refractivity contribution in [3.8, 4) is 0 Å². The van der Waals surface area contributed by atoms with Gasteiger partial charge in [-0.05, 0) is 31.0 Å². The van der Waals surface area contributed by atoms with Gasteiger partial charge in [0.1, 0.15) is 0 Å². The van der Waals surface area contributed by atoms with E-state index in [0.29, 0.717) is 6.42 Å². The van der Waals surface area contributed by atoms with Crippen molar-refractivity contribution in [3.63, 3.8) is 0 Å². The first-order valence-corrected chi connectivity index (χ1v) is 10.4. The molecule has 128 valence electrons. The van der Waals surface area contributed by atoms with Crippen LogP contribution in [0.2, 0.25) is 0 Å². The maximum Gasteiger partial charge on any atom is 0.241 e. The van der Waals surface area contributed by atoms with Crippen LogP contribution < -0.4 is 4.72 Å². The normalized spacial score (nSPS) is 20.3. The molecule has 7 nitrogen and oxygen atoms in total. The highest BCUT2D eigenvalue weighted by Gasteiger charge is 2.32. The molecule has 1 aromatic rings. The van der Waals surface area contributed by atoms with E-state index in [4.69, 9.17) is 0 Å². The highest BCUT2D eigenvalue weighted by molar-refractivity contribution is 7.91. The second kappa shape index (κ2) is 6.58. The van der Waals surface area contributed by atoms with E-state index in [2.05, 4.69) is 4.72 Å². The van der Waals surface area contributed by atoms with Crippen molar-refractivity contribution in [2.75, 3.05) is 25.1 Å². The lowest BCUT2D eigenvalue weighted by Crippen LogP contribution is -2.43. The van der Waals surface area contributed by atoms with Crippen molar-refractivity contribution in [2.24, 2.45) is 0 Å². The van der Waals surface area contributed by atoms with E-state index in [1.165, 1.54) is 24.1 Å². The van der Waals surface area contributed by atoms with E-state index >= 15 is 0 Å². The maximum atomic E-state index is 12.2. The van der Waals surface area contributed by atoms with Gasteiger partial charge in [0.15, 0.2) is 9.84 Å². The van der Waals surface area contributed by atoms with Gasteiger partial charge in [-0.15, -0.1) is 0 Å². The van der Waals surface area contributed by atoms with Gasteiger partial charge in [0.05, 0.1) is 22.9 Å². The maximum absolute atomic E-state index is 12.2. The third kappa shape index (κ3) is 4.52. The number of rotatable bonds is 5. The molecule has 0 saturated carbocycles. The van der Waals surface area contributed by atoms with Crippen LogP contribution in [-0.4, -0.2) is 58.8 Å². The predicted octanol–water partition coefficient (Wildman–Crippen LogP) is -0.0812. The van der Waals surface area contributed by atoms with E-state index in [1.54, 1.807) is 19.1 Å². The lowest BCUT2D eigenvalue weighted by molar-refractivity contribution is -0.130. The molecule has 23 heavy (non-hydrogen) atoms. The number of nitrogens with zero attached hydrogens (tertiary/aromatic N) is 1. The van der Waals surface area contributed by atoms with Crippen molar-refractivity contribution in [2.45, 2.75) is 24.3 Å². The Morgan fingerprint density at radius 1 is 1.39 bits per heavy atom. The van der Waals surface area contributed by atoms with E-state index in [-0.39, 0.29) is 16.4 Å². The fourth-order valence-corrected chi connectivity index (χ4v) is 5.29. The van der Waals surface area contributed by atoms with E-state index in [9.17, 15) is 21.6 Å². The van der Waals surface area contributed by atoms with Gasteiger partial charge in [0.25, 0.3) is 0 Å². The van der Waals surface area contributed by atoms with Crippen LogP contribution in [-0.2, 0) is 24.7 Å². The van der Waals surface area contributed by atoms with Crippen LogP contribution in [0.25, 0.3) is 0 Å². The van der Waals surface area contributed by atoms with E-state index in [0.717, 1.165) is 5.56 Å². The highest BCUT2D eigenvalue weighted by atomic mass is 32.2. The van der Waals surface area contributed by atoms with Crippen LogP contribution in [0.4, 0.5) is 0 Å². The summed E-state index contributed by atoms with van der Waals surface area (Å²) in [7, 11) is -5.38. The summed E-state index contributed by atoms with van der Waals surface area (Å²) in [5, 5.41) is 0. The first-order valence-electron chi connectivity index (χ1n) is 7.13. The number of sulfone groups is 1. The van der Waals surface area contributed by atoms with Crippen molar-refractivity contribution >= 4 is 25.8 Å². The number of nitrogens with one attached hydrogen (secondary N) is 1. The Hall–Kier alpha value is -1.45. The van der Waals surface area contributed by atoms with Crippen LogP contribution in [0.1, 0.15) is 12.0 Å². The van der Waals surface area contributed by atoms with Gasteiger partial charge in [-0.2, -0.15) is 0 Å². The molecule has 0 spiro atoms. The molecular formula is C14H20N2O5S2. The number of aryl methyl sites for hydroxylation is 1. The average molecular weight is 360 g/mol. The molecular weight excluding hydrogens is 340 g/mol. The van der Waals surface area contributed by atoms with Gasteiger partial charge in [-0.25, -0.2) is 21.6 Å². The lowest BCUT2D eigenvalue weighted by Gasteiger charge is -2.23. The number of likely N-dealkylation sites (N-methyl/N-ethyl adjacent to an activating group) is 1. The molecule has 0 bridgehead atoms. The zero-order valence-corrected chi connectivity index (χ0v) is 14.7. The van der Waals surface area contributed by atoms with Gasteiger partial charge in [0.2, 0.25) is 15.9 Å². The van der Waals surface area contributed by atoms with Crippen LogP contribution in [0, 0.1) is 6.92 Å². The number of sulfonamides is 1. The summed E-state index contributed by atoms with van der Waals surface area (Å²) in [6.07, 6.45) is 0.384. The summed E-state index contributed by atoms with van der Waals surface area (Å²) in [4.78, 5) is 13.5. The van der Waals surface area contributed by atoms with Crippen molar-refractivity contribution < 1.29 is 21.6 Å². The number of hydrogen-bond donors (Lipinski definition) is 1. The molecule has 9 heteroatoms. The number of carbonyl (C=O) groups excluding carboxylic acids is 1. The molecule has 1 saturated heterocycles. The Kier molecular flexibility index (Phi) is 5.12. The Balaban J connectivity index is 1.98. The summed E-state index contributed by atoms with van der Waals surface area (Å²) in [6.45, 7) is 1.38. The van der Waals surface area contributed by atoms with Crippen LogP contribution in [0.15, 0.2) is 29.2 Å². The molecule has 1 atom stereocenters. The third-order valence-electron chi connectivity index (χ3n) is 3.86. The van der Waals surface area contributed by atoms with Crippen LogP contribution >= 0.6 is 0 Å². The minimum absolute atomic E-state index is 0.0598. The van der Waals surface area contributed by atoms with Gasteiger partial charge in [0, 0.05) is 13.1 Å². The van der Waals surface area contributed by atoms with Crippen LogP contribution in [0.3, 0.4) is 0 Å². The second-order valence-electron chi connectivity index (χ2n) is 5.70. The van der Waals surface area contributed by atoms with E-state index < -0.39 is 38.4 Å². The molecule has 1 fully saturated rings. The summed E-state index contributed by atoms with van der Waals surface area (Å²) in [5.41, 5.74) is 0.799. The van der Waals surface area contributed by atoms with E-state index in [1.807, 2.05) is 0 Å². The van der Waals surface area contributed by atoms with Gasteiger partial charge < -0.3 is 4.90 Å². The smallest absolute Gasteiger partial charge is 0.241 e. The molecule has 1 N–H and O–H groups in total. The molecule has 1 aliphatic heterocycles. The number of amides is 1. The van der Waals surface area contributed by atoms with Gasteiger partial charge in [-0.1, -0.05) is 12.1 Å². The Morgan fingerprint density at radius 3 is 2.65 bits per heavy atom. The Morgan fingerprint density at radius 2 is 2.09 bits per heavy atom. The molecule has 1 aliphatic rings. The van der Waals surface area contributed by atoms with Gasteiger partial charge in [-0.3, -0.25) is 4.79 Å². The molecule has 1 heterocycles. The number of carbonyl (C=O) groups is 1. The highest BCUT2D eigenvalue weighted by Crippen LogP contribution is 2.16. The van der Waals surface area contributed by atoms with Crippen molar-refractivity contribution in [3.05, 3.63) is 29.8 Å². The van der Waals surface area contributed by atoms with Crippen LogP contribution in [0.5, 0.6) is 0 Å². The minimum atomic E-state index is -3.77. The summed E-state index contributed by atoms with van der Waals surface area (Å²) < 4.78 is 49.5. The topological polar surface area (TPSA) is 101 Å². The monoisotopic (exact) mass is 360 g/mol. The first kappa shape index (κ1) is 17.9. The molecule has 1 amide bonds.